The van der Waals surface area contributed by atoms with E-state index >= 15 is 0 Å². The smallest absolute Gasteiger partial charge is 0.305 e. The van der Waals surface area contributed by atoms with Gasteiger partial charge >= 0.3 is 4.87 Å². The number of morpholine rings is 1. The Morgan fingerprint density at radius 1 is 1.12 bits per heavy atom. The monoisotopic (exact) mass is 630 g/mol. The van der Waals surface area contributed by atoms with Gasteiger partial charge in [0.2, 0.25) is 0 Å². The van der Waals surface area contributed by atoms with Crippen molar-refractivity contribution in [3.63, 3.8) is 0 Å². The zero-order valence-electron chi connectivity index (χ0n) is 25.2. The molecular weight excluding hydrogens is 585 g/mol. The molecule has 236 valence electrons. The zero-order chi connectivity index (χ0) is 30.2. The number of ether oxygens (including phenoxy) is 1. The number of benzene rings is 1. The average molecular weight is 631 g/mol. The van der Waals surface area contributed by atoms with Crippen LogP contribution in [0, 0.1) is 6.92 Å². The van der Waals surface area contributed by atoms with E-state index in [1.165, 1.54) is 44.6 Å². The number of nitrogens with zero attached hydrogens (tertiary/aromatic N) is 2. The third-order valence-electron chi connectivity index (χ3n) is 8.86. The molecule has 0 radical (unpaired) electrons. The molecule has 1 amide bonds. The normalized spacial score (nSPS) is 18.0. The summed E-state index contributed by atoms with van der Waals surface area (Å²) in [6.45, 7) is 8.58. The van der Waals surface area contributed by atoms with Crippen LogP contribution in [0.3, 0.4) is 0 Å². The van der Waals surface area contributed by atoms with Gasteiger partial charge in [-0.3, -0.25) is 9.59 Å². The van der Waals surface area contributed by atoms with E-state index in [0.29, 0.717) is 42.0 Å². The van der Waals surface area contributed by atoms with Crippen molar-refractivity contribution in [2.75, 3.05) is 52.4 Å². The number of aryl methyl sites for hydroxylation is 1. The molecule has 0 unspecified atom stereocenters. The summed E-state index contributed by atoms with van der Waals surface area (Å²) in [5.74, 6) is 0.182. The molecule has 0 aliphatic carbocycles. The number of amides is 1. The maximum atomic E-state index is 13.0. The second-order valence-electron chi connectivity index (χ2n) is 12.2. The van der Waals surface area contributed by atoms with E-state index in [1.807, 2.05) is 23.3 Å². The number of aromatic hydroxyl groups is 1. The van der Waals surface area contributed by atoms with E-state index in [0.717, 1.165) is 67.2 Å². The van der Waals surface area contributed by atoms with Crippen LogP contribution in [0.2, 0.25) is 0 Å². The SMILES string of the molecule is Cc1csc(C(=O)N2CCOC3(CCN(CCCCCCCCCNC[C@H](O)c4ccc(O)c5[nH]c(=O)sc45)CC3)C2)c1. The molecule has 2 saturated heterocycles. The maximum absolute atomic E-state index is 13.0. The number of likely N-dealkylation sites (tertiary alicyclic amines) is 1. The van der Waals surface area contributed by atoms with E-state index in [9.17, 15) is 19.8 Å². The van der Waals surface area contributed by atoms with Gasteiger partial charge in [0.1, 0.15) is 11.3 Å². The molecule has 2 fully saturated rings. The number of carbonyl (C=O) groups excluding carboxylic acids is 1. The number of thiazole rings is 1. The summed E-state index contributed by atoms with van der Waals surface area (Å²) in [5, 5.41) is 25.9. The van der Waals surface area contributed by atoms with Crippen LogP contribution in [0.5, 0.6) is 5.75 Å². The van der Waals surface area contributed by atoms with Gasteiger partial charge in [-0.05, 0) is 68.8 Å². The second-order valence-corrected chi connectivity index (χ2v) is 14.1. The van der Waals surface area contributed by atoms with Gasteiger partial charge in [-0.25, -0.2) is 0 Å². The standard InChI is InChI=1S/C32H46N4O5S2/c1-23-19-27(42-21-23)30(39)36-17-18-41-32(22-36)11-15-35(16-12-32)14-8-6-4-2-3-5-7-13-33-20-26(38)24-9-10-25(37)28-29(24)43-31(40)34-28/h9-10,19,21,26,33,37-38H,2-8,11-18,20,22H2,1H3,(H,34,40)/t26-/m0/s1. The Hall–Kier alpha value is -2.28. The average Bonchev–Trinajstić information content (AvgIpc) is 3.62. The lowest BCUT2D eigenvalue weighted by molar-refractivity contribution is -0.127. The summed E-state index contributed by atoms with van der Waals surface area (Å²) in [5.41, 5.74) is 2.04. The number of phenolic OH excluding ortho intramolecular Hbond substituents is 1. The van der Waals surface area contributed by atoms with E-state index in [2.05, 4.69) is 15.2 Å². The molecule has 11 heteroatoms. The fraction of sp³-hybridized carbons (Fsp3) is 0.625. The third kappa shape index (κ3) is 8.46. The van der Waals surface area contributed by atoms with Crippen LogP contribution >= 0.6 is 22.7 Å². The van der Waals surface area contributed by atoms with Gasteiger partial charge in [0, 0.05) is 31.7 Å². The highest BCUT2D eigenvalue weighted by Gasteiger charge is 2.41. The second kappa shape index (κ2) is 15.1. The quantitative estimate of drug-likeness (QED) is 0.185. The molecule has 2 aromatic heterocycles. The van der Waals surface area contributed by atoms with Crippen LogP contribution in [-0.2, 0) is 4.74 Å². The van der Waals surface area contributed by atoms with E-state index < -0.39 is 6.10 Å². The highest BCUT2D eigenvalue weighted by atomic mass is 32.1. The summed E-state index contributed by atoms with van der Waals surface area (Å²) < 4.78 is 6.90. The number of rotatable bonds is 14. The Balaban J connectivity index is 0.883. The molecule has 5 rings (SSSR count). The van der Waals surface area contributed by atoms with Gasteiger partial charge in [-0.2, -0.15) is 0 Å². The van der Waals surface area contributed by atoms with Gasteiger partial charge < -0.3 is 35.1 Å². The van der Waals surface area contributed by atoms with Gasteiger partial charge in [0.05, 0.1) is 34.4 Å². The number of hydrogen-bond donors (Lipinski definition) is 4. The van der Waals surface area contributed by atoms with Gasteiger partial charge in [0.25, 0.3) is 5.91 Å². The molecule has 1 aromatic carbocycles. The molecule has 1 spiro atoms. The molecular formula is C32H46N4O5S2. The minimum atomic E-state index is -0.727. The summed E-state index contributed by atoms with van der Waals surface area (Å²) in [4.78, 5) is 32.5. The number of carbonyl (C=O) groups is 1. The molecule has 0 bridgehead atoms. The number of aliphatic hydroxyl groups excluding tert-OH is 1. The number of hydrogen-bond acceptors (Lipinski definition) is 9. The van der Waals surface area contributed by atoms with Crippen LogP contribution in [0.15, 0.2) is 28.4 Å². The number of nitrogens with one attached hydrogen (secondary N) is 2. The highest BCUT2D eigenvalue weighted by molar-refractivity contribution is 7.16. The fourth-order valence-electron chi connectivity index (χ4n) is 6.32. The molecule has 2 aliphatic rings. The van der Waals surface area contributed by atoms with Gasteiger partial charge in [-0.1, -0.05) is 49.5 Å². The number of aromatic nitrogens is 1. The van der Waals surface area contributed by atoms with Crippen LogP contribution in [0.1, 0.15) is 84.7 Å². The summed E-state index contributed by atoms with van der Waals surface area (Å²) in [6.07, 6.45) is 9.76. The van der Waals surface area contributed by atoms with Crippen molar-refractivity contribution >= 4 is 38.8 Å². The minimum Gasteiger partial charge on any atom is -0.506 e. The Kier molecular flexibility index (Phi) is 11.3. The van der Waals surface area contributed by atoms with Crippen molar-refractivity contribution in [2.45, 2.75) is 76.4 Å². The number of aromatic amines is 1. The Morgan fingerprint density at radius 2 is 1.86 bits per heavy atom. The molecule has 9 nitrogen and oxygen atoms in total. The number of unbranched alkanes of at least 4 members (excludes halogenated alkanes) is 6. The van der Waals surface area contributed by atoms with Crippen molar-refractivity contribution in [1.29, 1.82) is 0 Å². The summed E-state index contributed by atoms with van der Waals surface area (Å²) in [7, 11) is 0. The van der Waals surface area contributed by atoms with Crippen molar-refractivity contribution in [2.24, 2.45) is 0 Å². The zero-order valence-corrected chi connectivity index (χ0v) is 26.9. The number of phenols is 1. The number of thiophene rings is 1. The molecule has 43 heavy (non-hydrogen) atoms. The predicted octanol–water partition coefficient (Wildman–Crippen LogP) is 5.03. The Morgan fingerprint density at radius 3 is 2.60 bits per heavy atom. The van der Waals surface area contributed by atoms with Crippen LogP contribution in [-0.4, -0.2) is 88.9 Å². The van der Waals surface area contributed by atoms with Gasteiger partial charge in [-0.15, -0.1) is 11.3 Å². The number of piperidine rings is 1. The molecule has 0 saturated carbocycles. The first-order valence-electron chi connectivity index (χ1n) is 15.8. The van der Waals surface area contributed by atoms with Crippen molar-refractivity contribution in [3.8, 4) is 5.75 Å². The van der Waals surface area contributed by atoms with Crippen molar-refractivity contribution in [1.82, 2.24) is 20.1 Å². The molecule has 4 heterocycles. The predicted molar refractivity (Wildman–Crippen MR) is 174 cm³/mol. The van der Waals surface area contributed by atoms with Crippen molar-refractivity contribution in [3.05, 3.63) is 49.3 Å². The van der Waals surface area contributed by atoms with Crippen LogP contribution in [0.4, 0.5) is 0 Å². The number of H-pyrrole nitrogens is 1. The van der Waals surface area contributed by atoms with Crippen LogP contribution in [0.25, 0.3) is 10.2 Å². The largest absolute Gasteiger partial charge is 0.506 e. The number of fused-ring (bicyclic) bond motifs is 1. The van der Waals surface area contributed by atoms with Gasteiger partial charge in [0.15, 0.2) is 0 Å². The first-order valence-corrected chi connectivity index (χ1v) is 17.5. The maximum Gasteiger partial charge on any atom is 0.305 e. The Labute approximate surface area is 261 Å². The van der Waals surface area contributed by atoms with Crippen LogP contribution < -0.4 is 10.2 Å². The molecule has 2 aliphatic heterocycles. The molecule has 3 aromatic rings. The lowest BCUT2D eigenvalue weighted by atomic mass is 9.89. The molecule has 4 N–H and O–H groups in total. The number of aliphatic hydroxyl groups is 1. The minimum absolute atomic E-state index is 0.0263. The molecule has 1 atom stereocenters. The van der Waals surface area contributed by atoms with E-state index in [4.69, 9.17) is 4.74 Å². The first-order chi connectivity index (χ1) is 20.8. The van der Waals surface area contributed by atoms with Crippen molar-refractivity contribution < 1.29 is 19.7 Å². The fourth-order valence-corrected chi connectivity index (χ4v) is 8.11. The summed E-state index contributed by atoms with van der Waals surface area (Å²) >= 11 is 2.56. The topological polar surface area (TPSA) is 118 Å². The lowest BCUT2D eigenvalue weighted by Gasteiger charge is -2.47. The first kappa shape index (κ1) is 32.1. The lowest BCUT2D eigenvalue weighted by Crippen LogP contribution is -2.58. The highest BCUT2D eigenvalue weighted by Crippen LogP contribution is 2.32. The van der Waals surface area contributed by atoms with E-state index in [1.54, 1.807) is 17.4 Å². The summed E-state index contributed by atoms with van der Waals surface area (Å²) in [6, 6.07) is 5.20. The third-order valence-corrected chi connectivity index (χ3v) is 10.8. The van der Waals surface area contributed by atoms with E-state index in [-0.39, 0.29) is 22.1 Å². The Bertz CT molecular complexity index is 1390.